The second kappa shape index (κ2) is 5.45. The fraction of sp³-hybridized carbons (Fsp3) is 0.545. The zero-order chi connectivity index (χ0) is 15.8. The number of aromatic nitrogens is 1. The van der Waals surface area contributed by atoms with Crippen molar-refractivity contribution in [3.05, 3.63) is 38.3 Å². The standard InChI is InChI=1S/C11H11F3N2O5/c12-11(13,14)6-3-7(16(19)20)10(18)15(4-6)8-5-21-2-1-9(8)17/h3-4,8-9,17H,1-2,5H2/t8-,9?/m1/s1. The van der Waals surface area contributed by atoms with Gasteiger partial charge in [-0.25, -0.2) is 0 Å². The van der Waals surface area contributed by atoms with Crippen molar-refractivity contribution in [1.82, 2.24) is 4.57 Å². The Bertz CT molecular complexity index is 613. The number of hydrogen-bond acceptors (Lipinski definition) is 5. The van der Waals surface area contributed by atoms with E-state index in [4.69, 9.17) is 4.74 Å². The molecule has 0 saturated carbocycles. The van der Waals surface area contributed by atoms with Gasteiger partial charge in [-0.2, -0.15) is 13.2 Å². The Labute approximate surface area is 115 Å². The van der Waals surface area contributed by atoms with Gasteiger partial charge in [-0.15, -0.1) is 0 Å². The predicted octanol–water partition coefficient (Wildman–Crippen LogP) is 1.10. The molecule has 116 valence electrons. The second-order valence-electron chi connectivity index (χ2n) is 4.58. The first kappa shape index (κ1) is 15.4. The van der Waals surface area contributed by atoms with E-state index in [1.165, 1.54) is 0 Å². The van der Waals surface area contributed by atoms with E-state index < -0.39 is 40.1 Å². The third-order valence-corrected chi connectivity index (χ3v) is 3.20. The van der Waals surface area contributed by atoms with Crippen LogP contribution >= 0.6 is 0 Å². The highest BCUT2D eigenvalue weighted by Gasteiger charge is 2.36. The second-order valence-corrected chi connectivity index (χ2v) is 4.58. The molecule has 0 amide bonds. The molecule has 0 aliphatic carbocycles. The van der Waals surface area contributed by atoms with E-state index in [2.05, 4.69) is 0 Å². The molecule has 2 atom stereocenters. The van der Waals surface area contributed by atoms with Gasteiger partial charge in [-0.05, 0) is 6.42 Å². The fourth-order valence-corrected chi connectivity index (χ4v) is 2.10. The van der Waals surface area contributed by atoms with Crippen LogP contribution in [0.15, 0.2) is 17.1 Å². The lowest BCUT2D eigenvalue weighted by Crippen LogP contribution is -2.40. The van der Waals surface area contributed by atoms with Gasteiger partial charge in [0.2, 0.25) is 0 Å². The Kier molecular flexibility index (Phi) is 4.01. The quantitative estimate of drug-likeness (QED) is 0.652. The van der Waals surface area contributed by atoms with E-state index in [1.807, 2.05) is 0 Å². The van der Waals surface area contributed by atoms with Crippen molar-refractivity contribution in [1.29, 1.82) is 0 Å². The van der Waals surface area contributed by atoms with Gasteiger partial charge in [-0.1, -0.05) is 0 Å². The van der Waals surface area contributed by atoms with Crippen molar-refractivity contribution in [3.8, 4) is 0 Å². The van der Waals surface area contributed by atoms with Crippen LogP contribution in [0.2, 0.25) is 0 Å². The molecule has 7 nitrogen and oxygen atoms in total. The summed E-state index contributed by atoms with van der Waals surface area (Å²) in [4.78, 5) is 21.5. The molecule has 1 unspecified atom stereocenters. The number of ether oxygens (including phenoxy) is 1. The topological polar surface area (TPSA) is 94.6 Å². The van der Waals surface area contributed by atoms with Gasteiger partial charge in [-0.3, -0.25) is 14.9 Å². The molecule has 1 N–H and O–H groups in total. The summed E-state index contributed by atoms with van der Waals surface area (Å²) in [5.74, 6) is 0. The Morgan fingerprint density at radius 3 is 2.67 bits per heavy atom. The van der Waals surface area contributed by atoms with Crippen molar-refractivity contribution >= 4 is 5.69 Å². The van der Waals surface area contributed by atoms with Crippen LogP contribution < -0.4 is 5.56 Å². The van der Waals surface area contributed by atoms with Crippen molar-refractivity contribution in [2.24, 2.45) is 0 Å². The SMILES string of the molecule is O=c1c([N+](=O)[O-])cc(C(F)(F)F)cn1[C@@H]1COCCC1O. The monoisotopic (exact) mass is 308 g/mol. The van der Waals surface area contributed by atoms with Crippen molar-refractivity contribution < 1.29 is 27.9 Å². The summed E-state index contributed by atoms with van der Waals surface area (Å²) in [7, 11) is 0. The van der Waals surface area contributed by atoms with E-state index in [0.29, 0.717) is 10.8 Å². The molecular formula is C11H11F3N2O5. The molecule has 2 rings (SSSR count). The van der Waals surface area contributed by atoms with Gasteiger partial charge in [0.1, 0.15) is 0 Å². The highest BCUT2D eigenvalue weighted by Crippen LogP contribution is 2.31. The lowest BCUT2D eigenvalue weighted by Gasteiger charge is -2.29. The number of hydrogen-bond donors (Lipinski definition) is 1. The van der Waals surface area contributed by atoms with E-state index >= 15 is 0 Å². The van der Waals surface area contributed by atoms with Gasteiger partial charge in [0, 0.05) is 18.9 Å². The molecule has 10 heteroatoms. The van der Waals surface area contributed by atoms with E-state index in [9.17, 15) is 33.2 Å². The zero-order valence-corrected chi connectivity index (χ0v) is 10.5. The molecule has 1 aromatic heterocycles. The summed E-state index contributed by atoms with van der Waals surface area (Å²) in [5.41, 5.74) is -3.73. The number of pyridine rings is 1. The molecule has 0 bridgehead atoms. The van der Waals surface area contributed by atoms with Crippen LogP contribution in [0.1, 0.15) is 18.0 Å². The summed E-state index contributed by atoms with van der Waals surface area (Å²) >= 11 is 0. The normalized spacial score (nSPS) is 23.0. The van der Waals surface area contributed by atoms with Crippen molar-refractivity contribution in [2.75, 3.05) is 13.2 Å². The van der Waals surface area contributed by atoms with Crippen LogP contribution in [-0.2, 0) is 10.9 Å². The molecule has 1 aliphatic rings. The molecule has 21 heavy (non-hydrogen) atoms. The molecule has 1 fully saturated rings. The van der Waals surface area contributed by atoms with Gasteiger partial charge >= 0.3 is 17.4 Å². The number of rotatable bonds is 2. The smallest absolute Gasteiger partial charge is 0.391 e. The van der Waals surface area contributed by atoms with Crippen LogP contribution in [0.5, 0.6) is 0 Å². The summed E-state index contributed by atoms with van der Waals surface area (Å²) in [6.07, 6.45) is -5.36. The number of aliphatic hydroxyl groups is 1. The average molecular weight is 308 g/mol. The summed E-state index contributed by atoms with van der Waals surface area (Å²) in [6, 6.07) is -0.901. The molecule has 1 aliphatic heterocycles. The highest BCUT2D eigenvalue weighted by atomic mass is 19.4. The maximum Gasteiger partial charge on any atom is 0.418 e. The number of nitro groups is 1. The first-order valence-corrected chi connectivity index (χ1v) is 5.95. The number of halogens is 3. The molecule has 0 spiro atoms. The average Bonchev–Trinajstić information content (AvgIpc) is 2.38. The number of alkyl halides is 3. The molecule has 1 saturated heterocycles. The summed E-state index contributed by atoms with van der Waals surface area (Å²) in [6.45, 7) is 0.00695. The Morgan fingerprint density at radius 1 is 1.48 bits per heavy atom. The van der Waals surface area contributed by atoms with Crippen LogP contribution in [0.3, 0.4) is 0 Å². The minimum Gasteiger partial charge on any atom is -0.391 e. The minimum atomic E-state index is -4.85. The minimum absolute atomic E-state index is 0.126. The van der Waals surface area contributed by atoms with Gasteiger partial charge < -0.3 is 14.4 Å². The van der Waals surface area contributed by atoms with Crippen molar-refractivity contribution in [3.63, 3.8) is 0 Å². The first-order valence-electron chi connectivity index (χ1n) is 5.95. The van der Waals surface area contributed by atoms with Crippen LogP contribution in [-0.4, -0.2) is 33.9 Å². The largest absolute Gasteiger partial charge is 0.418 e. The first-order chi connectivity index (χ1) is 9.71. The fourth-order valence-electron chi connectivity index (χ4n) is 2.10. The number of nitrogens with zero attached hydrogens (tertiary/aromatic N) is 2. The third-order valence-electron chi connectivity index (χ3n) is 3.20. The number of aliphatic hydroxyl groups excluding tert-OH is 1. The maximum absolute atomic E-state index is 12.8. The van der Waals surface area contributed by atoms with E-state index in [1.54, 1.807) is 0 Å². The van der Waals surface area contributed by atoms with Gasteiger partial charge in [0.05, 0.1) is 29.2 Å². The van der Waals surface area contributed by atoms with E-state index in [-0.39, 0.29) is 25.7 Å². The summed E-state index contributed by atoms with van der Waals surface area (Å²) < 4.78 is 43.9. The van der Waals surface area contributed by atoms with Gasteiger partial charge in [0.25, 0.3) is 0 Å². The molecule has 0 aromatic carbocycles. The summed E-state index contributed by atoms with van der Waals surface area (Å²) in [5, 5.41) is 20.5. The van der Waals surface area contributed by atoms with E-state index in [0.717, 1.165) is 0 Å². The third kappa shape index (κ3) is 3.05. The van der Waals surface area contributed by atoms with Gasteiger partial charge in [0.15, 0.2) is 0 Å². The molecular weight excluding hydrogens is 297 g/mol. The molecule has 1 aromatic rings. The Morgan fingerprint density at radius 2 is 2.14 bits per heavy atom. The maximum atomic E-state index is 12.8. The van der Waals surface area contributed by atoms with Crippen molar-refractivity contribution in [2.45, 2.75) is 24.7 Å². The highest BCUT2D eigenvalue weighted by molar-refractivity contribution is 5.33. The van der Waals surface area contributed by atoms with Crippen LogP contribution in [0.4, 0.5) is 18.9 Å². The molecule has 0 radical (unpaired) electrons. The van der Waals surface area contributed by atoms with Crippen LogP contribution in [0, 0.1) is 10.1 Å². The Hall–Kier alpha value is -1.94. The lowest BCUT2D eigenvalue weighted by atomic mass is 10.1. The van der Waals surface area contributed by atoms with Crippen LogP contribution in [0.25, 0.3) is 0 Å². The lowest BCUT2D eigenvalue weighted by molar-refractivity contribution is -0.386. The zero-order valence-electron chi connectivity index (χ0n) is 10.5. The predicted molar refractivity (Wildman–Crippen MR) is 62.8 cm³/mol. The Balaban J connectivity index is 2.61. The molecule has 2 heterocycles.